The first-order valence-corrected chi connectivity index (χ1v) is 7.22. The maximum absolute atomic E-state index is 6.04. The van der Waals surface area contributed by atoms with E-state index in [9.17, 15) is 0 Å². The molecular weight excluding hydrogens is 262 g/mol. The molecule has 2 rings (SSSR count). The average Bonchev–Trinajstić information content (AvgIpc) is 2.69. The Balaban J connectivity index is 2.51. The van der Waals surface area contributed by atoms with E-state index in [2.05, 4.69) is 44.3 Å². The van der Waals surface area contributed by atoms with E-state index in [-0.39, 0.29) is 6.04 Å². The summed E-state index contributed by atoms with van der Waals surface area (Å²) in [6.45, 7) is 6.49. The Hall–Kier alpha value is -0.830. The number of nitrogens with one attached hydrogen (secondary N) is 1. The van der Waals surface area contributed by atoms with Gasteiger partial charge >= 0.3 is 0 Å². The van der Waals surface area contributed by atoms with Gasteiger partial charge in [0, 0.05) is 4.88 Å². The molecule has 3 heteroatoms. The lowest BCUT2D eigenvalue weighted by Crippen LogP contribution is -2.18. The maximum Gasteiger partial charge on any atom is 0.0931 e. The third-order valence-corrected chi connectivity index (χ3v) is 4.49. The molecule has 1 atom stereocenters. The maximum atomic E-state index is 6.04. The highest BCUT2D eigenvalue weighted by molar-refractivity contribution is 7.16. The number of thiophene rings is 1. The van der Waals surface area contributed by atoms with Gasteiger partial charge in [-0.25, -0.2) is 0 Å². The van der Waals surface area contributed by atoms with Gasteiger partial charge in [-0.3, -0.25) is 0 Å². The number of hydrogen-bond donors (Lipinski definition) is 1. The molecule has 0 saturated heterocycles. The fraction of sp³-hybridized carbons (Fsp3) is 0.333. The lowest BCUT2D eigenvalue weighted by Gasteiger charge is -2.20. The molecule has 0 aliphatic heterocycles. The van der Waals surface area contributed by atoms with E-state index in [1.807, 2.05) is 13.1 Å². The number of halogens is 1. The van der Waals surface area contributed by atoms with E-state index in [1.165, 1.54) is 27.1 Å². The van der Waals surface area contributed by atoms with Gasteiger partial charge in [0.25, 0.3) is 0 Å². The first-order valence-electron chi connectivity index (χ1n) is 6.03. The normalized spacial score (nSPS) is 12.7. The minimum atomic E-state index is 0.225. The Bertz CT molecular complexity index is 536. The first-order chi connectivity index (χ1) is 8.52. The van der Waals surface area contributed by atoms with E-state index in [4.69, 9.17) is 11.6 Å². The van der Waals surface area contributed by atoms with E-state index < -0.39 is 0 Å². The Morgan fingerprint density at radius 1 is 1.11 bits per heavy atom. The lowest BCUT2D eigenvalue weighted by molar-refractivity contribution is 0.694. The summed E-state index contributed by atoms with van der Waals surface area (Å²) in [5, 5.41) is 3.40. The second kappa shape index (κ2) is 5.43. The third kappa shape index (κ3) is 2.61. The Kier molecular flexibility index (Phi) is 4.10. The molecule has 18 heavy (non-hydrogen) atoms. The van der Waals surface area contributed by atoms with Crippen molar-refractivity contribution in [3.8, 4) is 0 Å². The summed E-state index contributed by atoms with van der Waals surface area (Å²) in [5.41, 5.74) is 5.34. The fourth-order valence-corrected chi connectivity index (χ4v) is 3.74. The van der Waals surface area contributed by atoms with Crippen molar-refractivity contribution in [2.75, 3.05) is 7.05 Å². The second-order valence-corrected chi connectivity index (χ2v) is 6.42. The zero-order valence-corrected chi connectivity index (χ0v) is 12.7. The van der Waals surface area contributed by atoms with E-state index in [0.29, 0.717) is 0 Å². The molecule has 1 heterocycles. The van der Waals surface area contributed by atoms with Crippen LogP contribution in [0, 0.1) is 20.8 Å². The van der Waals surface area contributed by atoms with Crippen LogP contribution >= 0.6 is 22.9 Å². The highest BCUT2D eigenvalue weighted by Crippen LogP contribution is 2.34. The zero-order valence-electron chi connectivity index (χ0n) is 11.2. The van der Waals surface area contributed by atoms with Gasteiger partial charge in [0.15, 0.2) is 0 Å². The SMILES string of the molecule is CNC(c1ccc(Cl)s1)c1c(C)cc(C)cc1C. The highest BCUT2D eigenvalue weighted by Gasteiger charge is 2.18. The summed E-state index contributed by atoms with van der Waals surface area (Å²) < 4.78 is 0.840. The monoisotopic (exact) mass is 279 g/mol. The first kappa shape index (κ1) is 13.6. The molecule has 1 aromatic heterocycles. The van der Waals surface area contributed by atoms with Crippen molar-refractivity contribution < 1.29 is 0 Å². The lowest BCUT2D eigenvalue weighted by atomic mass is 9.93. The Morgan fingerprint density at radius 3 is 2.17 bits per heavy atom. The molecule has 0 fully saturated rings. The van der Waals surface area contributed by atoms with Gasteiger partial charge in [0.2, 0.25) is 0 Å². The molecule has 0 saturated carbocycles. The van der Waals surface area contributed by atoms with Gasteiger partial charge in [-0.2, -0.15) is 0 Å². The van der Waals surface area contributed by atoms with E-state index in [0.717, 1.165) is 4.34 Å². The fourth-order valence-electron chi connectivity index (χ4n) is 2.56. The quantitative estimate of drug-likeness (QED) is 0.863. The van der Waals surface area contributed by atoms with Gasteiger partial charge in [-0.1, -0.05) is 29.3 Å². The molecule has 0 bridgehead atoms. The van der Waals surface area contributed by atoms with Gasteiger partial charge in [-0.15, -0.1) is 11.3 Å². The largest absolute Gasteiger partial charge is 0.309 e. The van der Waals surface area contributed by atoms with Crippen molar-refractivity contribution in [1.29, 1.82) is 0 Å². The molecule has 2 aromatic rings. The predicted octanol–water partition coefficient (Wildman–Crippen LogP) is 4.64. The second-order valence-electron chi connectivity index (χ2n) is 4.68. The van der Waals surface area contributed by atoms with Gasteiger partial charge in [-0.05, 0) is 56.6 Å². The highest BCUT2D eigenvalue weighted by atomic mass is 35.5. The van der Waals surface area contributed by atoms with Crippen LogP contribution in [0.1, 0.15) is 33.2 Å². The Labute approximate surface area is 118 Å². The smallest absolute Gasteiger partial charge is 0.0931 e. The van der Waals surface area contributed by atoms with Crippen LogP contribution in [0.3, 0.4) is 0 Å². The summed E-state index contributed by atoms with van der Waals surface area (Å²) in [6, 6.07) is 8.77. The van der Waals surface area contributed by atoms with Crippen LogP contribution in [0.15, 0.2) is 24.3 Å². The molecule has 0 amide bonds. The topological polar surface area (TPSA) is 12.0 Å². The summed E-state index contributed by atoms with van der Waals surface area (Å²) in [7, 11) is 2.00. The molecule has 0 aliphatic carbocycles. The average molecular weight is 280 g/mol. The van der Waals surface area contributed by atoms with Crippen LogP contribution in [-0.2, 0) is 0 Å². The van der Waals surface area contributed by atoms with Crippen molar-refractivity contribution in [2.45, 2.75) is 26.8 Å². The third-order valence-electron chi connectivity index (χ3n) is 3.19. The summed E-state index contributed by atoms with van der Waals surface area (Å²) >= 11 is 7.68. The number of hydrogen-bond acceptors (Lipinski definition) is 2. The molecule has 1 nitrogen and oxygen atoms in total. The molecule has 0 aliphatic rings. The van der Waals surface area contributed by atoms with Crippen LogP contribution in [0.4, 0.5) is 0 Å². The summed E-state index contributed by atoms with van der Waals surface area (Å²) in [5.74, 6) is 0. The Morgan fingerprint density at radius 2 is 1.72 bits per heavy atom. The predicted molar refractivity (Wildman–Crippen MR) is 80.9 cm³/mol. The van der Waals surface area contributed by atoms with Crippen molar-refractivity contribution in [3.05, 3.63) is 55.7 Å². The van der Waals surface area contributed by atoms with Crippen LogP contribution in [0.25, 0.3) is 0 Å². The summed E-state index contributed by atoms with van der Waals surface area (Å²) in [4.78, 5) is 1.26. The van der Waals surface area contributed by atoms with Gasteiger partial charge < -0.3 is 5.32 Å². The van der Waals surface area contributed by atoms with E-state index in [1.54, 1.807) is 11.3 Å². The minimum absolute atomic E-state index is 0.225. The van der Waals surface area contributed by atoms with E-state index >= 15 is 0 Å². The van der Waals surface area contributed by atoms with Gasteiger partial charge in [0.05, 0.1) is 10.4 Å². The molecular formula is C15H18ClNS. The minimum Gasteiger partial charge on any atom is -0.309 e. The van der Waals surface area contributed by atoms with Crippen LogP contribution in [0.5, 0.6) is 0 Å². The summed E-state index contributed by atoms with van der Waals surface area (Å²) in [6.07, 6.45) is 0. The van der Waals surface area contributed by atoms with Crippen LogP contribution in [-0.4, -0.2) is 7.05 Å². The molecule has 96 valence electrons. The van der Waals surface area contributed by atoms with Crippen molar-refractivity contribution >= 4 is 22.9 Å². The van der Waals surface area contributed by atoms with Crippen molar-refractivity contribution in [3.63, 3.8) is 0 Å². The zero-order chi connectivity index (χ0) is 13.3. The standard InChI is InChI=1S/C15H18ClNS/c1-9-7-10(2)14(11(3)8-9)15(17-4)12-5-6-13(16)18-12/h5-8,15,17H,1-4H3. The molecule has 0 radical (unpaired) electrons. The van der Waals surface area contributed by atoms with Crippen LogP contribution < -0.4 is 5.32 Å². The number of benzene rings is 1. The molecule has 1 aromatic carbocycles. The molecule has 1 N–H and O–H groups in total. The molecule has 0 spiro atoms. The number of aryl methyl sites for hydroxylation is 3. The molecule has 1 unspecified atom stereocenters. The van der Waals surface area contributed by atoms with Crippen LogP contribution in [0.2, 0.25) is 4.34 Å². The number of rotatable bonds is 3. The van der Waals surface area contributed by atoms with Crippen molar-refractivity contribution in [2.24, 2.45) is 0 Å². The van der Waals surface area contributed by atoms with Crippen molar-refractivity contribution in [1.82, 2.24) is 5.32 Å². The van der Waals surface area contributed by atoms with Gasteiger partial charge in [0.1, 0.15) is 0 Å².